The van der Waals surface area contributed by atoms with Gasteiger partial charge in [0.05, 0.1) is 16.4 Å². The molecular weight excluding hydrogens is 314 g/mol. The lowest BCUT2D eigenvalue weighted by atomic mass is 10.3. The summed E-state index contributed by atoms with van der Waals surface area (Å²) in [6.45, 7) is 0.280. The average Bonchev–Trinajstić information content (AvgIpc) is 3.03. The smallest absolute Gasteiger partial charge is 0.275 e. The molecule has 2 aromatic heterocycles. The maximum Gasteiger partial charge on any atom is 0.275 e. The van der Waals surface area contributed by atoms with Crippen molar-refractivity contribution in [1.82, 2.24) is 14.8 Å². The molecule has 23 heavy (non-hydrogen) atoms. The van der Waals surface area contributed by atoms with Gasteiger partial charge in [0.25, 0.3) is 5.91 Å². The Morgan fingerprint density at radius 2 is 2.00 bits per heavy atom. The second kappa shape index (κ2) is 6.60. The average molecular weight is 328 g/mol. The van der Waals surface area contributed by atoms with Crippen molar-refractivity contribution in [3.8, 4) is 5.69 Å². The Morgan fingerprint density at radius 1 is 1.17 bits per heavy atom. The summed E-state index contributed by atoms with van der Waals surface area (Å²) in [6, 6.07) is 14.1. The highest BCUT2D eigenvalue weighted by Gasteiger charge is 2.11. The van der Waals surface area contributed by atoms with Crippen molar-refractivity contribution in [1.29, 1.82) is 0 Å². The first-order valence-corrected chi connectivity index (χ1v) is 7.33. The standard InChI is InChI=1S/C16H14ClN5O/c17-12-5-1-2-7-14(12)22-9-8-15(21-22)20-16(23)13-6-3-4-11(10-18)19-13/h1-9H,10,18H2,(H,20,21,23). The van der Waals surface area contributed by atoms with Gasteiger partial charge >= 0.3 is 0 Å². The molecule has 3 N–H and O–H groups in total. The molecule has 0 spiro atoms. The monoisotopic (exact) mass is 327 g/mol. The van der Waals surface area contributed by atoms with Gasteiger partial charge in [0.2, 0.25) is 0 Å². The van der Waals surface area contributed by atoms with E-state index in [0.29, 0.717) is 22.2 Å². The number of nitrogens with zero attached hydrogens (tertiary/aromatic N) is 3. The van der Waals surface area contributed by atoms with Crippen molar-refractivity contribution in [2.24, 2.45) is 5.73 Å². The Kier molecular flexibility index (Phi) is 4.36. The molecule has 3 rings (SSSR count). The minimum atomic E-state index is -0.343. The third kappa shape index (κ3) is 3.39. The van der Waals surface area contributed by atoms with E-state index < -0.39 is 0 Å². The molecule has 0 saturated carbocycles. The van der Waals surface area contributed by atoms with Crippen molar-refractivity contribution in [3.63, 3.8) is 0 Å². The van der Waals surface area contributed by atoms with Gasteiger partial charge in [-0.3, -0.25) is 4.79 Å². The van der Waals surface area contributed by atoms with Crippen LogP contribution in [0.25, 0.3) is 5.69 Å². The number of pyridine rings is 1. The molecular formula is C16H14ClN5O. The van der Waals surface area contributed by atoms with E-state index in [1.165, 1.54) is 0 Å². The normalized spacial score (nSPS) is 10.5. The number of aromatic nitrogens is 3. The van der Waals surface area contributed by atoms with E-state index in [1.807, 2.05) is 18.2 Å². The summed E-state index contributed by atoms with van der Waals surface area (Å²) in [7, 11) is 0. The summed E-state index contributed by atoms with van der Waals surface area (Å²) in [5.74, 6) is 0.0691. The van der Waals surface area contributed by atoms with Gasteiger partial charge in [0.1, 0.15) is 5.69 Å². The second-order valence-corrected chi connectivity index (χ2v) is 5.18. The topological polar surface area (TPSA) is 85.8 Å². The number of halogens is 1. The minimum absolute atomic E-state index is 0.280. The van der Waals surface area contributed by atoms with Crippen LogP contribution in [0.3, 0.4) is 0 Å². The maximum atomic E-state index is 12.2. The van der Waals surface area contributed by atoms with Crippen LogP contribution in [0.15, 0.2) is 54.7 Å². The molecule has 7 heteroatoms. The molecule has 0 radical (unpaired) electrons. The van der Waals surface area contributed by atoms with Crippen LogP contribution < -0.4 is 11.1 Å². The lowest BCUT2D eigenvalue weighted by molar-refractivity contribution is 0.102. The van der Waals surface area contributed by atoms with Crippen molar-refractivity contribution < 1.29 is 4.79 Å². The number of benzene rings is 1. The zero-order valence-corrected chi connectivity index (χ0v) is 12.9. The Labute approximate surface area is 137 Å². The van der Waals surface area contributed by atoms with Gasteiger partial charge in [-0.2, -0.15) is 0 Å². The van der Waals surface area contributed by atoms with Crippen molar-refractivity contribution in [2.75, 3.05) is 5.32 Å². The Bertz CT molecular complexity index is 846. The molecule has 6 nitrogen and oxygen atoms in total. The van der Waals surface area contributed by atoms with E-state index in [1.54, 1.807) is 41.2 Å². The van der Waals surface area contributed by atoms with Gasteiger partial charge in [0.15, 0.2) is 5.82 Å². The first kappa shape index (κ1) is 15.2. The number of anilines is 1. The van der Waals surface area contributed by atoms with Crippen LogP contribution in [0, 0.1) is 0 Å². The number of carbonyl (C=O) groups is 1. The third-order valence-corrected chi connectivity index (χ3v) is 3.50. The second-order valence-electron chi connectivity index (χ2n) is 4.77. The third-order valence-electron chi connectivity index (χ3n) is 3.18. The molecule has 116 valence electrons. The van der Waals surface area contributed by atoms with Gasteiger partial charge in [-0.15, -0.1) is 5.10 Å². The molecule has 0 saturated heterocycles. The number of rotatable bonds is 4. The zero-order valence-electron chi connectivity index (χ0n) is 12.1. The molecule has 2 heterocycles. The molecule has 1 aromatic carbocycles. The van der Waals surface area contributed by atoms with Crippen molar-refractivity contribution in [2.45, 2.75) is 6.54 Å². The van der Waals surface area contributed by atoms with Crippen molar-refractivity contribution in [3.05, 3.63) is 71.1 Å². The van der Waals surface area contributed by atoms with Gasteiger partial charge < -0.3 is 11.1 Å². The molecule has 0 fully saturated rings. The quantitative estimate of drug-likeness (QED) is 0.771. The summed E-state index contributed by atoms with van der Waals surface area (Å²) in [5, 5.41) is 7.57. The molecule has 0 aliphatic carbocycles. The first-order valence-electron chi connectivity index (χ1n) is 6.95. The lowest BCUT2D eigenvalue weighted by Crippen LogP contribution is -2.15. The molecule has 0 unspecified atom stereocenters. The molecule has 0 aliphatic heterocycles. The summed E-state index contributed by atoms with van der Waals surface area (Å²) < 4.78 is 1.60. The molecule has 0 atom stereocenters. The van der Waals surface area contributed by atoms with E-state index in [4.69, 9.17) is 17.3 Å². The van der Waals surface area contributed by atoms with E-state index in [9.17, 15) is 4.79 Å². The van der Waals surface area contributed by atoms with Crippen LogP contribution in [0.1, 0.15) is 16.2 Å². The number of amides is 1. The van der Waals surface area contributed by atoms with Crippen LogP contribution in [0.2, 0.25) is 5.02 Å². The number of nitrogens with two attached hydrogens (primary N) is 1. The number of para-hydroxylation sites is 1. The lowest BCUT2D eigenvalue weighted by Gasteiger charge is -2.04. The summed E-state index contributed by atoms with van der Waals surface area (Å²) in [6.07, 6.45) is 1.72. The minimum Gasteiger partial charge on any atom is -0.325 e. The van der Waals surface area contributed by atoms with Crippen LogP contribution in [0.4, 0.5) is 5.82 Å². The highest BCUT2D eigenvalue weighted by molar-refractivity contribution is 6.32. The maximum absolute atomic E-state index is 12.2. The number of nitrogens with one attached hydrogen (secondary N) is 1. The van der Waals surface area contributed by atoms with E-state index in [0.717, 1.165) is 5.69 Å². The number of hydrogen-bond acceptors (Lipinski definition) is 4. The summed E-state index contributed by atoms with van der Waals surface area (Å²) in [5.41, 5.74) is 7.21. The molecule has 0 aliphatic rings. The van der Waals surface area contributed by atoms with Crippen LogP contribution >= 0.6 is 11.6 Å². The zero-order chi connectivity index (χ0) is 16.2. The fraction of sp³-hybridized carbons (Fsp3) is 0.0625. The number of carbonyl (C=O) groups excluding carboxylic acids is 1. The highest BCUT2D eigenvalue weighted by atomic mass is 35.5. The van der Waals surface area contributed by atoms with Crippen LogP contribution in [0.5, 0.6) is 0 Å². The van der Waals surface area contributed by atoms with E-state index in [-0.39, 0.29) is 12.5 Å². The van der Waals surface area contributed by atoms with Gasteiger partial charge in [0, 0.05) is 18.8 Å². The summed E-state index contributed by atoms with van der Waals surface area (Å²) >= 11 is 6.13. The highest BCUT2D eigenvalue weighted by Crippen LogP contribution is 2.20. The summed E-state index contributed by atoms with van der Waals surface area (Å²) in [4.78, 5) is 16.4. The van der Waals surface area contributed by atoms with E-state index >= 15 is 0 Å². The Hall–Kier alpha value is -2.70. The van der Waals surface area contributed by atoms with Crippen LogP contribution in [-0.2, 0) is 6.54 Å². The predicted octanol–water partition coefficient (Wildman–Crippen LogP) is 2.63. The fourth-order valence-electron chi connectivity index (χ4n) is 2.06. The molecule has 0 bridgehead atoms. The van der Waals surface area contributed by atoms with Crippen molar-refractivity contribution >= 4 is 23.3 Å². The predicted molar refractivity (Wildman–Crippen MR) is 88.7 cm³/mol. The van der Waals surface area contributed by atoms with Gasteiger partial charge in [-0.1, -0.05) is 29.8 Å². The fourth-order valence-corrected chi connectivity index (χ4v) is 2.28. The number of hydrogen-bond donors (Lipinski definition) is 2. The molecule has 3 aromatic rings. The SMILES string of the molecule is NCc1cccc(C(=O)Nc2ccn(-c3ccccc3Cl)n2)n1. The molecule has 1 amide bonds. The van der Waals surface area contributed by atoms with Gasteiger partial charge in [-0.25, -0.2) is 9.67 Å². The Morgan fingerprint density at radius 3 is 2.78 bits per heavy atom. The van der Waals surface area contributed by atoms with Crippen LogP contribution in [-0.4, -0.2) is 20.7 Å². The largest absolute Gasteiger partial charge is 0.325 e. The van der Waals surface area contributed by atoms with E-state index in [2.05, 4.69) is 15.4 Å². The first-order chi connectivity index (χ1) is 11.2. The Balaban J connectivity index is 1.79. The van der Waals surface area contributed by atoms with Gasteiger partial charge in [-0.05, 0) is 24.3 Å².